The summed E-state index contributed by atoms with van der Waals surface area (Å²) in [4.78, 5) is 40.2. The lowest BCUT2D eigenvalue weighted by atomic mass is 10.1. The number of hydrogen-bond donors (Lipinski definition) is 3. The van der Waals surface area contributed by atoms with Crippen molar-refractivity contribution in [2.75, 3.05) is 32.0 Å². The number of nitrogens with one attached hydrogen (secondary N) is 3. The summed E-state index contributed by atoms with van der Waals surface area (Å²) in [6.07, 6.45) is 1.49. The van der Waals surface area contributed by atoms with Crippen molar-refractivity contribution in [1.29, 1.82) is 0 Å². The quantitative estimate of drug-likeness (QED) is 0.105. The molecule has 1 atom stereocenters. The Hall–Kier alpha value is -4.64. The van der Waals surface area contributed by atoms with Gasteiger partial charge in [0.1, 0.15) is 11.4 Å². The summed E-state index contributed by atoms with van der Waals surface area (Å²) < 4.78 is 16.3. The second-order valence-electron chi connectivity index (χ2n) is 9.71. The SMILES string of the molecule is COc1cc(OC)c(OC)cc1/C=C(\NC(=O)c1ccccc1)C(=O)Nc1ccc(SC(C)C(=O)Nc2cc(Cl)cc(Cl)c2)cc1. The minimum Gasteiger partial charge on any atom is -0.496 e. The number of thioether (sulfide) groups is 1. The topological polar surface area (TPSA) is 115 Å². The van der Waals surface area contributed by atoms with Gasteiger partial charge in [-0.3, -0.25) is 14.4 Å². The van der Waals surface area contributed by atoms with Crippen molar-refractivity contribution < 1.29 is 28.6 Å². The van der Waals surface area contributed by atoms with Gasteiger partial charge in [0.2, 0.25) is 5.91 Å². The highest BCUT2D eigenvalue weighted by Crippen LogP contribution is 2.36. The predicted molar refractivity (Wildman–Crippen MR) is 183 cm³/mol. The summed E-state index contributed by atoms with van der Waals surface area (Å²) in [5, 5.41) is 8.74. The third-order valence-corrected chi connectivity index (χ3v) is 8.04. The van der Waals surface area contributed by atoms with E-state index in [0.717, 1.165) is 4.90 Å². The Labute approximate surface area is 281 Å². The summed E-state index contributed by atoms with van der Waals surface area (Å²) in [5.41, 5.74) is 1.78. The van der Waals surface area contributed by atoms with E-state index in [-0.39, 0.29) is 11.6 Å². The summed E-state index contributed by atoms with van der Waals surface area (Å²) in [6.45, 7) is 1.77. The van der Waals surface area contributed by atoms with Gasteiger partial charge in [-0.25, -0.2) is 0 Å². The zero-order chi connectivity index (χ0) is 33.2. The van der Waals surface area contributed by atoms with Gasteiger partial charge in [-0.05, 0) is 73.7 Å². The maximum atomic E-state index is 13.6. The molecule has 0 saturated carbocycles. The fraction of sp³-hybridized carbons (Fsp3) is 0.147. The van der Waals surface area contributed by atoms with Crippen LogP contribution in [0.15, 0.2) is 95.5 Å². The van der Waals surface area contributed by atoms with Crippen LogP contribution in [0.1, 0.15) is 22.8 Å². The maximum Gasteiger partial charge on any atom is 0.272 e. The van der Waals surface area contributed by atoms with E-state index in [2.05, 4.69) is 16.0 Å². The van der Waals surface area contributed by atoms with Gasteiger partial charge in [0.25, 0.3) is 11.8 Å². The summed E-state index contributed by atoms with van der Waals surface area (Å²) in [6, 6.07) is 23.6. The van der Waals surface area contributed by atoms with Crippen molar-refractivity contribution in [2.45, 2.75) is 17.1 Å². The Balaban J connectivity index is 1.52. The molecule has 0 saturated heterocycles. The molecule has 238 valence electrons. The molecule has 0 spiro atoms. The molecule has 46 heavy (non-hydrogen) atoms. The first-order chi connectivity index (χ1) is 22.1. The lowest BCUT2D eigenvalue weighted by Crippen LogP contribution is -2.30. The van der Waals surface area contributed by atoms with E-state index in [4.69, 9.17) is 37.4 Å². The molecule has 0 aliphatic rings. The average Bonchev–Trinajstić information content (AvgIpc) is 3.04. The van der Waals surface area contributed by atoms with Gasteiger partial charge in [-0.15, -0.1) is 11.8 Å². The molecule has 12 heteroatoms. The van der Waals surface area contributed by atoms with Crippen LogP contribution in [0.4, 0.5) is 11.4 Å². The summed E-state index contributed by atoms with van der Waals surface area (Å²) in [5.74, 6) is -0.0226. The Kier molecular flexibility index (Phi) is 12.0. The van der Waals surface area contributed by atoms with Gasteiger partial charge in [-0.2, -0.15) is 0 Å². The van der Waals surface area contributed by atoms with E-state index in [1.807, 2.05) is 0 Å². The number of carbonyl (C=O) groups excluding carboxylic acids is 3. The number of amides is 3. The highest BCUT2D eigenvalue weighted by atomic mass is 35.5. The number of carbonyl (C=O) groups is 3. The second kappa shape index (κ2) is 16.1. The third kappa shape index (κ3) is 9.20. The number of anilines is 2. The molecular weight excluding hydrogens is 649 g/mol. The minimum absolute atomic E-state index is 0.0377. The molecule has 0 heterocycles. The van der Waals surface area contributed by atoms with Crippen LogP contribution in [0, 0.1) is 0 Å². The van der Waals surface area contributed by atoms with Gasteiger partial charge in [-0.1, -0.05) is 41.4 Å². The molecule has 3 amide bonds. The van der Waals surface area contributed by atoms with Crippen molar-refractivity contribution in [1.82, 2.24) is 5.32 Å². The Morgan fingerprint density at radius 2 is 1.35 bits per heavy atom. The predicted octanol–water partition coefficient (Wildman–Crippen LogP) is 7.55. The molecule has 1 unspecified atom stereocenters. The maximum absolute atomic E-state index is 13.6. The van der Waals surface area contributed by atoms with Crippen molar-refractivity contribution in [3.05, 3.63) is 112 Å². The Morgan fingerprint density at radius 3 is 1.96 bits per heavy atom. The Morgan fingerprint density at radius 1 is 0.739 bits per heavy atom. The highest BCUT2D eigenvalue weighted by Gasteiger charge is 2.19. The van der Waals surface area contributed by atoms with Gasteiger partial charge < -0.3 is 30.2 Å². The van der Waals surface area contributed by atoms with Crippen molar-refractivity contribution >= 4 is 70.1 Å². The van der Waals surface area contributed by atoms with Crippen LogP contribution in [-0.4, -0.2) is 44.3 Å². The summed E-state index contributed by atoms with van der Waals surface area (Å²) >= 11 is 13.4. The number of ether oxygens (including phenoxy) is 3. The van der Waals surface area contributed by atoms with E-state index in [1.54, 1.807) is 91.9 Å². The van der Waals surface area contributed by atoms with Gasteiger partial charge >= 0.3 is 0 Å². The lowest BCUT2D eigenvalue weighted by molar-refractivity contribution is -0.115. The number of benzene rings is 4. The third-order valence-electron chi connectivity index (χ3n) is 6.49. The van der Waals surface area contributed by atoms with Crippen molar-refractivity contribution in [2.24, 2.45) is 0 Å². The molecule has 9 nitrogen and oxygen atoms in total. The van der Waals surface area contributed by atoms with Crippen LogP contribution in [0.3, 0.4) is 0 Å². The number of halogens is 2. The molecule has 0 aromatic heterocycles. The first kappa shape index (κ1) is 34.2. The fourth-order valence-corrected chi connectivity index (χ4v) is 5.60. The van der Waals surface area contributed by atoms with E-state index in [0.29, 0.717) is 49.8 Å². The van der Waals surface area contributed by atoms with Crippen molar-refractivity contribution in [3.8, 4) is 17.2 Å². The first-order valence-corrected chi connectivity index (χ1v) is 15.5. The standard InChI is InChI=1S/C34H31Cl2N3O6S/c1-20(32(40)38-26-17-23(35)16-24(36)18-26)46-27-12-10-25(11-13-27)37-34(42)28(39-33(41)21-8-6-5-7-9-21)14-22-15-30(44-3)31(45-4)19-29(22)43-2/h5-20H,1-4H3,(H,37,42)(H,38,40)(H,39,41)/b28-14-. The molecule has 0 aliphatic heterocycles. The average molecular weight is 681 g/mol. The van der Waals surface area contributed by atoms with E-state index in [1.165, 1.54) is 39.2 Å². The van der Waals surface area contributed by atoms with Crippen LogP contribution >= 0.6 is 35.0 Å². The van der Waals surface area contributed by atoms with Crippen LogP contribution in [-0.2, 0) is 9.59 Å². The Bertz CT molecular complexity index is 1730. The molecule has 4 aromatic carbocycles. The van der Waals surface area contributed by atoms with Crippen LogP contribution in [0.25, 0.3) is 6.08 Å². The van der Waals surface area contributed by atoms with E-state index in [9.17, 15) is 14.4 Å². The molecule has 4 aromatic rings. The molecule has 0 bridgehead atoms. The smallest absolute Gasteiger partial charge is 0.272 e. The molecule has 4 rings (SSSR count). The number of methoxy groups -OCH3 is 3. The zero-order valence-corrected chi connectivity index (χ0v) is 27.7. The van der Waals surface area contributed by atoms with Crippen LogP contribution < -0.4 is 30.2 Å². The number of rotatable bonds is 12. The molecular formula is C34H31Cl2N3O6S. The van der Waals surface area contributed by atoms with E-state index >= 15 is 0 Å². The fourth-order valence-electron chi connectivity index (χ4n) is 4.21. The monoisotopic (exact) mass is 679 g/mol. The van der Waals surface area contributed by atoms with Gasteiger partial charge in [0, 0.05) is 43.5 Å². The highest BCUT2D eigenvalue weighted by molar-refractivity contribution is 8.00. The molecule has 3 N–H and O–H groups in total. The van der Waals surface area contributed by atoms with Crippen LogP contribution in [0.2, 0.25) is 10.0 Å². The van der Waals surface area contributed by atoms with Gasteiger partial charge in [0.05, 0.1) is 26.6 Å². The molecule has 0 aliphatic carbocycles. The normalized spacial score (nSPS) is 11.7. The van der Waals surface area contributed by atoms with Crippen molar-refractivity contribution in [3.63, 3.8) is 0 Å². The molecule has 0 radical (unpaired) electrons. The first-order valence-electron chi connectivity index (χ1n) is 13.8. The minimum atomic E-state index is -0.575. The largest absolute Gasteiger partial charge is 0.496 e. The molecule has 0 fully saturated rings. The summed E-state index contributed by atoms with van der Waals surface area (Å²) in [7, 11) is 4.48. The second-order valence-corrected chi connectivity index (χ2v) is 12.0. The zero-order valence-electron chi connectivity index (χ0n) is 25.4. The van der Waals surface area contributed by atoms with Crippen LogP contribution in [0.5, 0.6) is 17.2 Å². The van der Waals surface area contributed by atoms with Gasteiger partial charge in [0.15, 0.2) is 11.5 Å². The number of hydrogen-bond acceptors (Lipinski definition) is 7. The van der Waals surface area contributed by atoms with E-state index < -0.39 is 17.1 Å². The lowest BCUT2D eigenvalue weighted by Gasteiger charge is -2.15.